The van der Waals surface area contributed by atoms with Gasteiger partial charge in [0.25, 0.3) is 0 Å². The van der Waals surface area contributed by atoms with Crippen LogP contribution in [0.3, 0.4) is 0 Å². The van der Waals surface area contributed by atoms with E-state index in [9.17, 15) is 9.90 Å². The number of hydrogen-bond donors (Lipinski definition) is 2. The number of hydrogen-bond acceptors (Lipinski definition) is 4. The summed E-state index contributed by atoms with van der Waals surface area (Å²) in [7, 11) is 0. The molecule has 0 radical (unpaired) electrons. The Bertz CT molecular complexity index is 563. The molecular formula is C16H20ClNO4. The van der Waals surface area contributed by atoms with Gasteiger partial charge in [0.05, 0.1) is 17.5 Å². The van der Waals surface area contributed by atoms with E-state index in [0.717, 1.165) is 24.8 Å². The number of halogens is 1. The number of nitrogens with one attached hydrogen (secondary N) is 1. The van der Waals surface area contributed by atoms with Gasteiger partial charge in [0.2, 0.25) is 5.91 Å². The van der Waals surface area contributed by atoms with Crippen molar-refractivity contribution in [2.75, 3.05) is 19.8 Å². The second kappa shape index (κ2) is 6.75. The molecule has 1 aromatic rings. The molecule has 0 saturated heterocycles. The highest BCUT2D eigenvalue weighted by Crippen LogP contribution is 2.38. The van der Waals surface area contributed by atoms with E-state index in [4.69, 9.17) is 21.1 Å². The topological polar surface area (TPSA) is 67.8 Å². The van der Waals surface area contributed by atoms with Crippen LogP contribution in [0.25, 0.3) is 0 Å². The van der Waals surface area contributed by atoms with Crippen molar-refractivity contribution in [3.8, 4) is 11.5 Å². The van der Waals surface area contributed by atoms with Crippen molar-refractivity contribution in [3.63, 3.8) is 0 Å². The predicted octanol–water partition coefficient (Wildman–Crippen LogP) is 1.93. The van der Waals surface area contributed by atoms with Gasteiger partial charge < -0.3 is 19.9 Å². The van der Waals surface area contributed by atoms with Crippen LogP contribution in [0.4, 0.5) is 0 Å². The summed E-state index contributed by atoms with van der Waals surface area (Å²) in [4.78, 5) is 12.0. The van der Waals surface area contributed by atoms with E-state index in [1.807, 2.05) is 0 Å². The Labute approximate surface area is 134 Å². The van der Waals surface area contributed by atoms with Gasteiger partial charge in [0.15, 0.2) is 11.5 Å². The average molecular weight is 326 g/mol. The van der Waals surface area contributed by atoms with Crippen molar-refractivity contribution in [1.29, 1.82) is 0 Å². The van der Waals surface area contributed by atoms with Crippen LogP contribution in [-0.2, 0) is 11.2 Å². The zero-order chi connectivity index (χ0) is 15.5. The first-order valence-electron chi connectivity index (χ1n) is 7.66. The van der Waals surface area contributed by atoms with Gasteiger partial charge >= 0.3 is 0 Å². The number of carbonyl (C=O) groups is 1. The lowest BCUT2D eigenvalue weighted by Gasteiger charge is -2.20. The minimum Gasteiger partial charge on any atom is -0.486 e. The smallest absolute Gasteiger partial charge is 0.224 e. The van der Waals surface area contributed by atoms with Gasteiger partial charge in [0.1, 0.15) is 13.2 Å². The molecule has 0 bridgehead atoms. The number of aliphatic hydroxyl groups is 1. The average Bonchev–Trinajstić information content (AvgIpc) is 2.90. The third-order valence-electron chi connectivity index (χ3n) is 4.20. The van der Waals surface area contributed by atoms with Gasteiger partial charge in [0, 0.05) is 12.5 Å². The standard InChI is InChI=1S/C16H20ClNO4/c17-12-6-10(7-14-16(12)22-5-4-21-14)8-15(20)18-9-11-2-1-3-13(11)19/h6-7,11,13,19H,1-5,8-9H2,(H,18,20)/t11-,13+/m1/s1. The summed E-state index contributed by atoms with van der Waals surface area (Å²) in [5.74, 6) is 1.23. The highest BCUT2D eigenvalue weighted by molar-refractivity contribution is 6.32. The number of rotatable bonds is 4. The molecule has 2 N–H and O–H groups in total. The van der Waals surface area contributed by atoms with Crippen LogP contribution >= 0.6 is 11.6 Å². The van der Waals surface area contributed by atoms with E-state index in [1.165, 1.54) is 0 Å². The first-order chi connectivity index (χ1) is 10.6. The Morgan fingerprint density at radius 1 is 1.32 bits per heavy atom. The fraction of sp³-hybridized carbons (Fsp3) is 0.562. The summed E-state index contributed by atoms with van der Waals surface area (Å²) in [5, 5.41) is 13.1. The maximum atomic E-state index is 12.0. The van der Waals surface area contributed by atoms with E-state index in [2.05, 4.69) is 5.32 Å². The SMILES string of the molecule is O=C(Cc1cc(Cl)c2c(c1)OCCO2)NC[C@H]1CCC[C@@H]1O. The molecule has 1 heterocycles. The summed E-state index contributed by atoms with van der Waals surface area (Å²) >= 11 is 6.16. The normalized spacial score (nSPS) is 23.4. The third kappa shape index (κ3) is 3.47. The van der Waals surface area contributed by atoms with Gasteiger partial charge in [-0.15, -0.1) is 0 Å². The molecule has 1 amide bonds. The molecule has 1 aliphatic heterocycles. The first kappa shape index (κ1) is 15.4. The number of benzene rings is 1. The molecule has 1 aromatic carbocycles. The predicted molar refractivity (Wildman–Crippen MR) is 82.5 cm³/mol. The van der Waals surface area contributed by atoms with E-state index in [1.54, 1.807) is 12.1 Å². The quantitative estimate of drug-likeness (QED) is 0.887. The van der Waals surface area contributed by atoms with Gasteiger partial charge in [-0.3, -0.25) is 4.79 Å². The Morgan fingerprint density at radius 3 is 2.91 bits per heavy atom. The number of carbonyl (C=O) groups excluding carboxylic acids is 1. The van der Waals surface area contributed by atoms with Gasteiger partial charge in [-0.05, 0) is 30.5 Å². The van der Waals surface area contributed by atoms with Crippen LogP contribution in [0.15, 0.2) is 12.1 Å². The van der Waals surface area contributed by atoms with E-state index >= 15 is 0 Å². The van der Waals surface area contributed by atoms with Crippen LogP contribution < -0.4 is 14.8 Å². The first-order valence-corrected chi connectivity index (χ1v) is 8.04. The molecule has 0 aromatic heterocycles. The van der Waals surface area contributed by atoms with Gasteiger partial charge in [-0.2, -0.15) is 0 Å². The molecule has 0 spiro atoms. The number of amides is 1. The Hall–Kier alpha value is -1.46. The molecule has 2 aliphatic rings. The zero-order valence-electron chi connectivity index (χ0n) is 12.3. The van der Waals surface area contributed by atoms with Crippen LogP contribution in [0.1, 0.15) is 24.8 Å². The molecule has 2 atom stereocenters. The molecule has 1 saturated carbocycles. The molecule has 6 heteroatoms. The maximum Gasteiger partial charge on any atom is 0.224 e. The maximum absolute atomic E-state index is 12.0. The van der Waals surface area contributed by atoms with Crippen molar-refractivity contribution in [1.82, 2.24) is 5.32 Å². The highest BCUT2D eigenvalue weighted by Gasteiger charge is 2.25. The molecule has 5 nitrogen and oxygen atoms in total. The fourth-order valence-electron chi connectivity index (χ4n) is 3.01. The lowest BCUT2D eigenvalue weighted by atomic mass is 10.1. The summed E-state index contributed by atoms with van der Waals surface area (Å²) in [5.41, 5.74) is 0.790. The lowest BCUT2D eigenvalue weighted by molar-refractivity contribution is -0.120. The van der Waals surface area contributed by atoms with Crippen LogP contribution in [0.5, 0.6) is 11.5 Å². The van der Waals surface area contributed by atoms with Crippen molar-refractivity contribution in [2.24, 2.45) is 5.92 Å². The Balaban J connectivity index is 1.58. The van der Waals surface area contributed by atoms with Crippen LogP contribution in [0.2, 0.25) is 5.02 Å². The van der Waals surface area contributed by atoms with E-state index in [-0.39, 0.29) is 24.3 Å². The van der Waals surface area contributed by atoms with E-state index < -0.39 is 0 Å². The second-order valence-corrected chi connectivity index (χ2v) is 6.25. The molecule has 1 aliphatic carbocycles. The van der Waals surface area contributed by atoms with E-state index in [0.29, 0.717) is 36.3 Å². The van der Waals surface area contributed by atoms with Crippen molar-refractivity contribution in [2.45, 2.75) is 31.8 Å². The number of fused-ring (bicyclic) bond motifs is 1. The summed E-state index contributed by atoms with van der Waals surface area (Å²) < 4.78 is 11.0. The van der Waals surface area contributed by atoms with Gasteiger partial charge in [-0.1, -0.05) is 18.0 Å². The minimum atomic E-state index is -0.288. The van der Waals surface area contributed by atoms with Crippen LogP contribution in [0, 0.1) is 5.92 Å². The second-order valence-electron chi connectivity index (χ2n) is 5.84. The summed E-state index contributed by atoms with van der Waals surface area (Å²) in [6.07, 6.45) is 2.78. The van der Waals surface area contributed by atoms with Gasteiger partial charge in [-0.25, -0.2) is 0 Å². The molecule has 1 fully saturated rings. The molecule has 22 heavy (non-hydrogen) atoms. The number of aliphatic hydroxyl groups excluding tert-OH is 1. The highest BCUT2D eigenvalue weighted by atomic mass is 35.5. The molecular weight excluding hydrogens is 306 g/mol. The lowest BCUT2D eigenvalue weighted by Crippen LogP contribution is -2.33. The summed E-state index contributed by atoms with van der Waals surface area (Å²) in [6, 6.07) is 3.53. The third-order valence-corrected chi connectivity index (χ3v) is 4.48. The minimum absolute atomic E-state index is 0.0770. The molecule has 0 unspecified atom stereocenters. The van der Waals surface area contributed by atoms with Crippen molar-refractivity contribution in [3.05, 3.63) is 22.7 Å². The Kier molecular flexibility index (Phi) is 4.74. The van der Waals surface area contributed by atoms with Crippen molar-refractivity contribution < 1.29 is 19.4 Å². The number of ether oxygens (including phenoxy) is 2. The fourth-order valence-corrected chi connectivity index (χ4v) is 3.30. The largest absolute Gasteiger partial charge is 0.486 e. The summed E-state index contributed by atoms with van der Waals surface area (Å²) in [6.45, 7) is 1.49. The van der Waals surface area contributed by atoms with Crippen molar-refractivity contribution >= 4 is 17.5 Å². The molecule has 3 rings (SSSR count). The zero-order valence-corrected chi connectivity index (χ0v) is 13.1. The monoisotopic (exact) mass is 325 g/mol. The Morgan fingerprint density at radius 2 is 2.14 bits per heavy atom. The molecule has 120 valence electrons. The van der Waals surface area contributed by atoms with Crippen LogP contribution in [-0.4, -0.2) is 36.9 Å².